The summed E-state index contributed by atoms with van der Waals surface area (Å²) in [6.45, 7) is 0.874. The summed E-state index contributed by atoms with van der Waals surface area (Å²) in [5.41, 5.74) is 1.05. The number of non-ortho nitro benzene ring substituents is 1. The Morgan fingerprint density at radius 1 is 1.43 bits per heavy atom. The molecule has 0 aromatic heterocycles. The van der Waals surface area contributed by atoms with E-state index in [9.17, 15) is 10.1 Å². The SMILES string of the molecule is CSCCNc1ccc([N+](=O)[O-])cc1. The monoisotopic (exact) mass is 212 g/mol. The molecule has 0 aliphatic heterocycles. The van der Waals surface area contributed by atoms with Crippen LogP contribution in [0.5, 0.6) is 0 Å². The van der Waals surface area contributed by atoms with Crippen molar-refractivity contribution in [1.82, 2.24) is 0 Å². The lowest BCUT2D eigenvalue weighted by molar-refractivity contribution is -0.384. The molecule has 1 rings (SSSR count). The maximum Gasteiger partial charge on any atom is 0.269 e. The molecule has 5 heteroatoms. The quantitative estimate of drug-likeness (QED) is 0.462. The lowest BCUT2D eigenvalue weighted by Crippen LogP contribution is -2.03. The van der Waals surface area contributed by atoms with Crippen molar-refractivity contribution in [1.29, 1.82) is 0 Å². The van der Waals surface area contributed by atoms with Crippen molar-refractivity contribution in [3.8, 4) is 0 Å². The average molecular weight is 212 g/mol. The van der Waals surface area contributed by atoms with Crippen molar-refractivity contribution in [3.63, 3.8) is 0 Å². The van der Waals surface area contributed by atoms with Crippen molar-refractivity contribution in [2.45, 2.75) is 0 Å². The highest BCUT2D eigenvalue weighted by Crippen LogP contribution is 2.15. The fourth-order valence-corrected chi connectivity index (χ4v) is 1.30. The van der Waals surface area contributed by atoms with Crippen LogP contribution in [0.1, 0.15) is 0 Å². The minimum atomic E-state index is -0.397. The summed E-state index contributed by atoms with van der Waals surface area (Å²) in [7, 11) is 0. The van der Waals surface area contributed by atoms with Gasteiger partial charge in [0.15, 0.2) is 0 Å². The first-order valence-corrected chi connectivity index (χ1v) is 5.60. The summed E-state index contributed by atoms with van der Waals surface area (Å²) >= 11 is 1.76. The highest BCUT2D eigenvalue weighted by atomic mass is 32.2. The van der Waals surface area contributed by atoms with E-state index in [2.05, 4.69) is 5.32 Å². The van der Waals surface area contributed by atoms with Crippen LogP contribution in [0.25, 0.3) is 0 Å². The number of nitro benzene ring substituents is 1. The fraction of sp³-hybridized carbons (Fsp3) is 0.333. The van der Waals surface area contributed by atoms with Crippen LogP contribution in [-0.2, 0) is 0 Å². The van der Waals surface area contributed by atoms with Crippen molar-refractivity contribution in [2.75, 3.05) is 23.9 Å². The van der Waals surface area contributed by atoms with Crippen LogP contribution in [0.4, 0.5) is 11.4 Å². The van der Waals surface area contributed by atoms with E-state index < -0.39 is 4.92 Å². The van der Waals surface area contributed by atoms with Crippen LogP contribution >= 0.6 is 11.8 Å². The van der Waals surface area contributed by atoms with Gasteiger partial charge in [0.1, 0.15) is 0 Å². The van der Waals surface area contributed by atoms with E-state index >= 15 is 0 Å². The molecule has 0 amide bonds. The van der Waals surface area contributed by atoms with E-state index in [0.717, 1.165) is 18.0 Å². The van der Waals surface area contributed by atoms with E-state index in [1.54, 1.807) is 23.9 Å². The third-order valence-corrected chi connectivity index (χ3v) is 2.33. The highest BCUT2D eigenvalue weighted by molar-refractivity contribution is 7.98. The van der Waals surface area contributed by atoms with Gasteiger partial charge in [0.25, 0.3) is 5.69 Å². The molecule has 0 heterocycles. The molecule has 1 aromatic rings. The van der Waals surface area contributed by atoms with Gasteiger partial charge in [0.05, 0.1) is 4.92 Å². The second-order valence-electron chi connectivity index (χ2n) is 2.72. The van der Waals surface area contributed by atoms with E-state index in [0.29, 0.717) is 0 Å². The standard InChI is InChI=1S/C9H12N2O2S/c1-14-7-6-10-8-2-4-9(5-3-8)11(12)13/h2-5,10H,6-7H2,1H3. The van der Waals surface area contributed by atoms with E-state index in [1.807, 2.05) is 6.26 Å². The number of hydrogen-bond acceptors (Lipinski definition) is 4. The van der Waals surface area contributed by atoms with Crippen LogP contribution in [-0.4, -0.2) is 23.5 Å². The number of thioether (sulfide) groups is 1. The first-order chi connectivity index (χ1) is 6.74. The van der Waals surface area contributed by atoms with Gasteiger partial charge in [-0.3, -0.25) is 10.1 Å². The molecule has 0 unspecified atom stereocenters. The Morgan fingerprint density at radius 3 is 2.57 bits per heavy atom. The van der Waals surface area contributed by atoms with Gasteiger partial charge in [-0.2, -0.15) is 11.8 Å². The number of nitrogens with one attached hydrogen (secondary N) is 1. The number of nitro groups is 1. The number of rotatable bonds is 5. The van der Waals surface area contributed by atoms with Crippen LogP contribution in [0.2, 0.25) is 0 Å². The highest BCUT2D eigenvalue weighted by Gasteiger charge is 2.02. The zero-order valence-electron chi connectivity index (χ0n) is 7.90. The zero-order valence-corrected chi connectivity index (χ0v) is 8.71. The van der Waals surface area contributed by atoms with E-state index in [1.165, 1.54) is 12.1 Å². The molecule has 0 aliphatic rings. The molecule has 1 N–H and O–H groups in total. The molecular weight excluding hydrogens is 200 g/mol. The second kappa shape index (κ2) is 5.49. The summed E-state index contributed by atoms with van der Waals surface area (Å²) in [6, 6.07) is 6.44. The van der Waals surface area contributed by atoms with Gasteiger partial charge >= 0.3 is 0 Å². The van der Waals surface area contributed by atoms with Gasteiger partial charge in [0, 0.05) is 30.1 Å². The predicted octanol–water partition coefficient (Wildman–Crippen LogP) is 2.37. The van der Waals surface area contributed by atoms with Crippen molar-refractivity contribution in [3.05, 3.63) is 34.4 Å². The Bertz CT molecular complexity index is 300. The maximum absolute atomic E-state index is 10.4. The summed E-state index contributed by atoms with van der Waals surface area (Å²) in [6.07, 6.45) is 2.04. The molecule has 0 radical (unpaired) electrons. The molecular formula is C9H12N2O2S. The van der Waals surface area contributed by atoms with Crippen LogP contribution < -0.4 is 5.32 Å². The summed E-state index contributed by atoms with van der Waals surface area (Å²) in [4.78, 5) is 9.96. The molecule has 0 bridgehead atoms. The Morgan fingerprint density at radius 2 is 2.07 bits per heavy atom. The number of hydrogen-bond donors (Lipinski definition) is 1. The average Bonchev–Trinajstić information content (AvgIpc) is 2.19. The first kappa shape index (κ1) is 10.8. The number of benzene rings is 1. The molecule has 0 saturated carbocycles. The first-order valence-electron chi connectivity index (χ1n) is 4.21. The zero-order chi connectivity index (χ0) is 10.4. The normalized spacial score (nSPS) is 9.79. The topological polar surface area (TPSA) is 55.2 Å². The third-order valence-electron chi connectivity index (χ3n) is 1.71. The Kier molecular flexibility index (Phi) is 4.25. The number of anilines is 1. The molecule has 0 spiro atoms. The fourth-order valence-electron chi connectivity index (χ4n) is 0.998. The minimum absolute atomic E-state index is 0.125. The molecule has 76 valence electrons. The van der Waals surface area contributed by atoms with Gasteiger partial charge in [0.2, 0.25) is 0 Å². The van der Waals surface area contributed by atoms with Gasteiger partial charge in [-0.1, -0.05) is 0 Å². The molecule has 4 nitrogen and oxygen atoms in total. The van der Waals surface area contributed by atoms with Crippen molar-refractivity contribution >= 4 is 23.1 Å². The summed E-state index contributed by atoms with van der Waals surface area (Å²) in [5.74, 6) is 1.02. The Labute approximate surface area is 86.9 Å². The van der Waals surface area contributed by atoms with Crippen LogP contribution in [0.3, 0.4) is 0 Å². The molecule has 1 aromatic carbocycles. The van der Waals surface area contributed by atoms with Crippen LogP contribution in [0, 0.1) is 10.1 Å². The van der Waals surface area contributed by atoms with Gasteiger partial charge in [-0.25, -0.2) is 0 Å². The summed E-state index contributed by atoms with van der Waals surface area (Å²) in [5, 5.41) is 13.5. The maximum atomic E-state index is 10.4. The van der Waals surface area contributed by atoms with E-state index in [-0.39, 0.29) is 5.69 Å². The number of nitrogens with zero attached hydrogens (tertiary/aromatic N) is 1. The van der Waals surface area contributed by atoms with E-state index in [4.69, 9.17) is 0 Å². The second-order valence-corrected chi connectivity index (χ2v) is 3.71. The predicted molar refractivity (Wildman–Crippen MR) is 60.0 cm³/mol. The lowest BCUT2D eigenvalue weighted by Gasteiger charge is -2.03. The molecule has 14 heavy (non-hydrogen) atoms. The van der Waals surface area contributed by atoms with Gasteiger partial charge in [-0.05, 0) is 18.4 Å². The van der Waals surface area contributed by atoms with Crippen molar-refractivity contribution < 1.29 is 4.92 Å². The molecule has 0 saturated heterocycles. The molecule has 0 aliphatic carbocycles. The van der Waals surface area contributed by atoms with Gasteiger partial charge in [-0.15, -0.1) is 0 Å². The Balaban J connectivity index is 2.51. The molecule has 0 atom stereocenters. The lowest BCUT2D eigenvalue weighted by atomic mass is 10.3. The van der Waals surface area contributed by atoms with Crippen LogP contribution in [0.15, 0.2) is 24.3 Å². The summed E-state index contributed by atoms with van der Waals surface area (Å²) < 4.78 is 0. The minimum Gasteiger partial charge on any atom is -0.384 e. The van der Waals surface area contributed by atoms with Gasteiger partial charge < -0.3 is 5.32 Å². The third kappa shape index (κ3) is 3.26. The Hall–Kier alpha value is -1.23. The molecule has 0 fully saturated rings. The van der Waals surface area contributed by atoms with Crippen molar-refractivity contribution in [2.24, 2.45) is 0 Å². The smallest absolute Gasteiger partial charge is 0.269 e. The largest absolute Gasteiger partial charge is 0.384 e.